The minimum atomic E-state index is -0.201. The number of hydrogen-bond acceptors (Lipinski definition) is 2. The summed E-state index contributed by atoms with van der Waals surface area (Å²) in [5.74, 6) is -0.201. The third kappa shape index (κ3) is 3.02. The Balaban J connectivity index is 1.80. The highest BCUT2D eigenvalue weighted by Gasteiger charge is 2.11. The van der Waals surface area contributed by atoms with E-state index in [9.17, 15) is 4.79 Å². The van der Waals surface area contributed by atoms with E-state index in [0.717, 1.165) is 16.9 Å². The van der Waals surface area contributed by atoms with Gasteiger partial charge in [-0.3, -0.25) is 4.79 Å². The van der Waals surface area contributed by atoms with E-state index < -0.39 is 0 Å². The molecule has 110 valence electrons. The molecule has 0 bridgehead atoms. The van der Waals surface area contributed by atoms with Crippen LogP contribution in [0.5, 0.6) is 0 Å². The largest absolute Gasteiger partial charge is 0.322 e. The Morgan fingerprint density at radius 3 is 2.68 bits per heavy atom. The molecule has 4 nitrogen and oxygen atoms in total. The Labute approximate surface area is 133 Å². The van der Waals surface area contributed by atoms with Gasteiger partial charge in [0.1, 0.15) is 0 Å². The van der Waals surface area contributed by atoms with Crippen molar-refractivity contribution in [2.75, 3.05) is 5.32 Å². The van der Waals surface area contributed by atoms with E-state index in [-0.39, 0.29) is 5.91 Å². The van der Waals surface area contributed by atoms with Crippen molar-refractivity contribution in [1.82, 2.24) is 9.78 Å². The molecular weight excluding hydrogens is 298 g/mol. The van der Waals surface area contributed by atoms with Crippen molar-refractivity contribution in [3.63, 3.8) is 0 Å². The normalized spacial score (nSPS) is 10.5. The summed E-state index contributed by atoms with van der Waals surface area (Å²) in [5, 5.41) is 7.73. The van der Waals surface area contributed by atoms with Gasteiger partial charge in [0, 0.05) is 16.9 Å². The van der Waals surface area contributed by atoms with Crippen LogP contribution in [0, 0.1) is 6.92 Å². The summed E-state index contributed by atoms with van der Waals surface area (Å²) < 4.78 is 1.67. The van der Waals surface area contributed by atoms with E-state index in [1.807, 2.05) is 43.3 Å². The summed E-state index contributed by atoms with van der Waals surface area (Å²) >= 11 is 5.92. The average molecular weight is 312 g/mol. The number of nitrogens with zero attached hydrogens (tertiary/aromatic N) is 2. The maximum Gasteiger partial charge on any atom is 0.258 e. The fourth-order valence-corrected chi connectivity index (χ4v) is 2.35. The third-order valence-corrected chi connectivity index (χ3v) is 3.54. The van der Waals surface area contributed by atoms with Crippen molar-refractivity contribution in [1.29, 1.82) is 0 Å². The van der Waals surface area contributed by atoms with E-state index in [1.54, 1.807) is 29.2 Å². The lowest BCUT2D eigenvalue weighted by Crippen LogP contribution is -2.12. The lowest BCUT2D eigenvalue weighted by atomic mass is 10.2. The van der Waals surface area contributed by atoms with Gasteiger partial charge in [-0.2, -0.15) is 5.10 Å². The number of rotatable bonds is 3. The van der Waals surface area contributed by atoms with Crippen LogP contribution in [0.4, 0.5) is 5.69 Å². The number of halogens is 1. The molecule has 5 heteroatoms. The van der Waals surface area contributed by atoms with Crippen LogP contribution in [0.2, 0.25) is 5.02 Å². The number of aryl methyl sites for hydroxylation is 1. The minimum absolute atomic E-state index is 0.201. The molecule has 0 atom stereocenters. The predicted molar refractivity (Wildman–Crippen MR) is 87.7 cm³/mol. The molecule has 3 aromatic rings. The maximum atomic E-state index is 12.3. The molecule has 1 N–H and O–H groups in total. The first-order valence-corrected chi connectivity index (χ1v) is 7.19. The Morgan fingerprint density at radius 1 is 1.18 bits per heavy atom. The average Bonchev–Trinajstić information content (AvgIpc) is 3.01. The van der Waals surface area contributed by atoms with Gasteiger partial charge in [0.2, 0.25) is 0 Å². The maximum absolute atomic E-state index is 12.3. The molecule has 1 amide bonds. The number of benzene rings is 2. The van der Waals surface area contributed by atoms with Crippen LogP contribution in [-0.4, -0.2) is 15.7 Å². The quantitative estimate of drug-likeness (QED) is 0.792. The molecule has 0 saturated carbocycles. The molecule has 0 spiro atoms. The zero-order chi connectivity index (χ0) is 15.5. The summed E-state index contributed by atoms with van der Waals surface area (Å²) in [4.78, 5) is 12.3. The summed E-state index contributed by atoms with van der Waals surface area (Å²) in [6, 6.07) is 15.0. The van der Waals surface area contributed by atoms with E-state index in [2.05, 4.69) is 10.4 Å². The summed E-state index contributed by atoms with van der Waals surface area (Å²) in [5.41, 5.74) is 3.06. The lowest BCUT2D eigenvalue weighted by Gasteiger charge is -2.07. The molecule has 1 heterocycles. The first-order valence-electron chi connectivity index (χ1n) is 6.81. The molecule has 22 heavy (non-hydrogen) atoms. The van der Waals surface area contributed by atoms with Crippen LogP contribution in [0.25, 0.3) is 5.69 Å². The van der Waals surface area contributed by atoms with Crippen molar-refractivity contribution in [3.8, 4) is 5.69 Å². The number of hydrogen-bond donors (Lipinski definition) is 1. The molecule has 1 aromatic heterocycles. The predicted octanol–water partition coefficient (Wildman–Crippen LogP) is 4.09. The van der Waals surface area contributed by atoms with Gasteiger partial charge in [-0.15, -0.1) is 0 Å². The number of nitrogens with one attached hydrogen (secondary N) is 1. The summed E-state index contributed by atoms with van der Waals surface area (Å²) in [7, 11) is 0. The van der Waals surface area contributed by atoms with Gasteiger partial charge in [-0.25, -0.2) is 4.68 Å². The Hall–Kier alpha value is -2.59. The second-order valence-corrected chi connectivity index (χ2v) is 5.36. The first-order chi connectivity index (χ1) is 10.6. The van der Waals surface area contributed by atoms with Crippen LogP contribution < -0.4 is 5.32 Å². The first kappa shape index (κ1) is 14.4. The SMILES string of the molecule is Cc1cc(Cl)ccc1NC(=O)c1cnn(-c2ccccc2)c1. The van der Waals surface area contributed by atoms with E-state index >= 15 is 0 Å². The highest BCUT2D eigenvalue weighted by molar-refractivity contribution is 6.30. The Bertz CT molecular complexity index is 812. The Morgan fingerprint density at radius 2 is 1.95 bits per heavy atom. The van der Waals surface area contributed by atoms with Gasteiger partial charge in [0.15, 0.2) is 0 Å². The standard InChI is InChI=1S/C17H14ClN3O/c1-12-9-14(18)7-8-16(12)20-17(22)13-10-19-21(11-13)15-5-3-2-4-6-15/h2-11H,1H3,(H,20,22). The number of carbonyl (C=O) groups is 1. The fourth-order valence-electron chi connectivity index (χ4n) is 2.12. The number of aromatic nitrogens is 2. The second kappa shape index (κ2) is 6.03. The van der Waals surface area contributed by atoms with Gasteiger partial charge in [-0.1, -0.05) is 29.8 Å². The van der Waals surface area contributed by atoms with Crippen molar-refractivity contribution in [3.05, 3.63) is 77.1 Å². The molecule has 0 saturated heterocycles. The summed E-state index contributed by atoms with van der Waals surface area (Å²) in [6.07, 6.45) is 3.25. The molecule has 0 aliphatic carbocycles. The lowest BCUT2D eigenvalue weighted by molar-refractivity contribution is 0.102. The summed E-state index contributed by atoms with van der Waals surface area (Å²) in [6.45, 7) is 1.90. The molecule has 0 aliphatic heterocycles. The van der Waals surface area contributed by atoms with Crippen molar-refractivity contribution in [2.45, 2.75) is 6.92 Å². The van der Waals surface area contributed by atoms with Crippen molar-refractivity contribution >= 4 is 23.2 Å². The highest BCUT2D eigenvalue weighted by atomic mass is 35.5. The van der Waals surface area contributed by atoms with Gasteiger partial charge in [0.25, 0.3) is 5.91 Å². The molecule has 3 rings (SSSR count). The minimum Gasteiger partial charge on any atom is -0.322 e. The van der Waals surface area contributed by atoms with E-state index in [4.69, 9.17) is 11.6 Å². The van der Waals surface area contributed by atoms with Crippen LogP contribution in [0.15, 0.2) is 60.9 Å². The molecule has 0 fully saturated rings. The van der Waals surface area contributed by atoms with E-state index in [0.29, 0.717) is 10.6 Å². The van der Waals surface area contributed by atoms with Crippen molar-refractivity contribution < 1.29 is 4.79 Å². The van der Waals surface area contributed by atoms with E-state index in [1.165, 1.54) is 0 Å². The van der Waals surface area contributed by atoms with Crippen LogP contribution >= 0.6 is 11.6 Å². The van der Waals surface area contributed by atoms with Crippen molar-refractivity contribution in [2.24, 2.45) is 0 Å². The zero-order valence-electron chi connectivity index (χ0n) is 12.0. The smallest absolute Gasteiger partial charge is 0.258 e. The van der Waals surface area contributed by atoms with Gasteiger partial charge in [0.05, 0.1) is 17.4 Å². The van der Waals surface area contributed by atoms with Gasteiger partial charge in [-0.05, 0) is 42.8 Å². The number of amides is 1. The molecule has 0 aliphatic rings. The molecule has 0 unspecified atom stereocenters. The van der Waals surface area contributed by atoms with Crippen LogP contribution in [0.3, 0.4) is 0 Å². The topological polar surface area (TPSA) is 46.9 Å². The third-order valence-electron chi connectivity index (χ3n) is 3.30. The monoisotopic (exact) mass is 311 g/mol. The highest BCUT2D eigenvalue weighted by Crippen LogP contribution is 2.20. The number of carbonyl (C=O) groups excluding carboxylic acids is 1. The zero-order valence-corrected chi connectivity index (χ0v) is 12.7. The molecular formula is C17H14ClN3O. The number of anilines is 1. The Kier molecular flexibility index (Phi) is 3.94. The van der Waals surface area contributed by atoms with Crippen LogP contribution in [-0.2, 0) is 0 Å². The number of para-hydroxylation sites is 1. The fraction of sp³-hybridized carbons (Fsp3) is 0.0588. The van der Waals surface area contributed by atoms with Crippen LogP contribution in [0.1, 0.15) is 15.9 Å². The van der Waals surface area contributed by atoms with Gasteiger partial charge >= 0.3 is 0 Å². The van der Waals surface area contributed by atoms with Gasteiger partial charge < -0.3 is 5.32 Å². The second-order valence-electron chi connectivity index (χ2n) is 4.92. The molecule has 0 radical (unpaired) electrons. The molecule has 2 aromatic carbocycles.